The van der Waals surface area contributed by atoms with Gasteiger partial charge in [-0.05, 0) is 75.2 Å². The Hall–Kier alpha value is -3.54. The minimum absolute atomic E-state index is 0.216. The molecule has 4 aromatic rings. The van der Waals surface area contributed by atoms with Gasteiger partial charge in [-0.1, -0.05) is 36.4 Å². The van der Waals surface area contributed by atoms with Gasteiger partial charge in [0.2, 0.25) is 0 Å². The molecule has 31 heavy (non-hydrogen) atoms. The quantitative estimate of drug-likeness (QED) is 0.203. The van der Waals surface area contributed by atoms with Gasteiger partial charge in [0.1, 0.15) is 0 Å². The SMILES string of the molecule is Fc1cc(-c2ccc3c(c2)Cc2cc(-c4cc(F)c(F)c(F)c4)ccc2-3)cc(F)c1F. The highest BCUT2D eigenvalue weighted by molar-refractivity contribution is 5.82. The van der Waals surface area contributed by atoms with Gasteiger partial charge < -0.3 is 0 Å². The largest absolute Gasteiger partial charge is 0.204 e. The minimum Gasteiger partial charge on any atom is -0.204 e. The Morgan fingerprint density at radius 1 is 0.419 bits per heavy atom. The maximum absolute atomic E-state index is 13.6. The lowest BCUT2D eigenvalue weighted by Gasteiger charge is -2.08. The highest BCUT2D eigenvalue weighted by Gasteiger charge is 2.21. The Bertz CT molecular complexity index is 1220. The minimum atomic E-state index is -1.52. The molecule has 0 unspecified atom stereocenters. The van der Waals surface area contributed by atoms with Crippen molar-refractivity contribution in [3.05, 3.63) is 107 Å². The fourth-order valence-electron chi connectivity index (χ4n) is 4.01. The molecule has 4 aromatic carbocycles. The average Bonchev–Trinajstić information content (AvgIpc) is 3.12. The number of rotatable bonds is 2. The van der Waals surface area contributed by atoms with Crippen molar-refractivity contribution < 1.29 is 26.3 Å². The van der Waals surface area contributed by atoms with Crippen LogP contribution in [-0.4, -0.2) is 0 Å². The molecule has 0 aliphatic heterocycles. The molecule has 0 saturated carbocycles. The summed E-state index contributed by atoms with van der Waals surface area (Å²) in [5, 5.41) is 0. The van der Waals surface area contributed by atoms with Gasteiger partial charge in [-0.25, -0.2) is 26.3 Å². The van der Waals surface area contributed by atoms with Crippen molar-refractivity contribution in [2.45, 2.75) is 6.42 Å². The molecule has 0 bridgehead atoms. The first-order valence-electron chi connectivity index (χ1n) is 9.38. The lowest BCUT2D eigenvalue weighted by molar-refractivity contribution is 0.447. The summed E-state index contributed by atoms with van der Waals surface area (Å²) in [5.74, 6) is -8.08. The van der Waals surface area contributed by atoms with Crippen molar-refractivity contribution in [3.63, 3.8) is 0 Å². The second kappa shape index (κ2) is 7.01. The molecule has 0 heterocycles. The van der Waals surface area contributed by atoms with Crippen molar-refractivity contribution >= 4 is 0 Å². The average molecular weight is 426 g/mol. The van der Waals surface area contributed by atoms with E-state index in [1.807, 2.05) is 12.1 Å². The summed E-state index contributed by atoms with van der Waals surface area (Å²) in [6.45, 7) is 0. The molecular weight excluding hydrogens is 414 g/mol. The van der Waals surface area contributed by atoms with Gasteiger partial charge in [0.25, 0.3) is 0 Å². The van der Waals surface area contributed by atoms with Gasteiger partial charge >= 0.3 is 0 Å². The molecular formula is C25H12F6. The van der Waals surface area contributed by atoms with Gasteiger partial charge in [-0.3, -0.25) is 0 Å². The normalized spacial score (nSPS) is 12.1. The Balaban J connectivity index is 1.53. The summed E-state index contributed by atoms with van der Waals surface area (Å²) in [6.07, 6.45) is 0.491. The molecule has 154 valence electrons. The van der Waals surface area contributed by atoms with Crippen LogP contribution in [0.1, 0.15) is 11.1 Å². The fourth-order valence-corrected chi connectivity index (χ4v) is 4.01. The van der Waals surface area contributed by atoms with Gasteiger partial charge in [0, 0.05) is 0 Å². The number of hydrogen-bond acceptors (Lipinski definition) is 0. The first-order valence-corrected chi connectivity index (χ1v) is 9.38. The predicted octanol–water partition coefficient (Wildman–Crippen LogP) is 7.43. The van der Waals surface area contributed by atoms with Crippen molar-refractivity contribution in [2.24, 2.45) is 0 Å². The predicted molar refractivity (Wildman–Crippen MR) is 105 cm³/mol. The maximum Gasteiger partial charge on any atom is 0.194 e. The molecule has 0 atom stereocenters. The summed E-state index contributed by atoms with van der Waals surface area (Å²) < 4.78 is 81.0. The van der Waals surface area contributed by atoms with Gasteiger partial charge in [-0.15, -0.1) is 0 Å². The van der Waals surface area contributed by atoms with Crippen molar-refractivity contribution in [1.29, 1.82) is 0 Å². The number of halogens is 6. The Labute approximate surface area is 173 Å². The van der Waals surface area contributed by atoms with Gasteiger partial charge in [-0.2, -0.15) is 0 Å². The van der Waals surface area contributed by atoms with E-state index in [2.05, 4.69) is 0 Å². The molecule has 0 saturated heterocycles. The summed E-state index contributed by atoms with van der Waals surface area (Å²) in [7, 11) is 0. The van der Waals surface area contributed by atoms with Crippen LogP contribution in [0.3, 0.4) is 0 Å². The standard InChI is InChI=1S/C25H12F6/c26-20-8-14(9-21(27)24(20)30)12-1-3-18-16(5-12)7-17-6-13(2-4-19(17)18)15-10-22(28)25(31)23(29)11-15/h1-6,8-11H,7H2. The maximum atomic E-state index is 13.6. The smallest absolute Gasteiger partial charge is 0.194 e. The van der Waals surface area contributed by atoms with E-state index in [1.54, 1.807) is 24.3 Å². The van der Waals surface area contributed by atoms with E-state index in [-0.39, 0.29) is 11.1 Å². The zero-order valence-electron chi connectivity index (χ0n) is 15.7. The number of benzene rings is 4. The lowest BCUT2D eigenvalue weighted by Crippen LogP contribution is -1.92. The molecule has 0 N–H and O–H groups in total. The first-order chi connectivity index (χ1) is 14.8. The molecule has 0 fully saturated rings. The van der Waals surface area contributed by atoms with E-state index in [4.69, 9.17) is 0 Å². The third-order valence-electron chi connectivity index (χ3n) is 5.52. The van der Waals surface area contributed by atoms with Crippen LogP contribution in [0.15, 0.2) is 60.7 Å². The van der Waals surface area contributed by atoms with Crippen molar-refractivity contribution in [2.75, 3.05) is 0 Å². The van der Waals surface area contributed by atoms with Crippen LogP contribution in [-0.2, 0) is 6.42 Å². The molecule has 0 spiro atoms. The number of hydrogen-bond donors (Lipinski definition) is 0. The Morgan fingerprint density at radius 3 is 1.13 bits per heavy atom. The van der Waals surface area contributed by atoms with Gasteiger partial charge in [0.05, 0.1) is 0 Å². The second-order valence-electron chi connectivity index (χ2n) is 7.43. The van der Waals surface area contributed by atoms with Gasteiger partial charge in [0.15, 0.2) is 34.9 Å². The second-order valence-corrected chi connectivity index (χ2v) is 7.43. The zero-order valence-corrected chi connectivity index (χ0v) is 15.7. The first kappa shape index (κ1) is 19.4. The third-order valence-corrected chi connectivity index (χ3v) is 5.52. The summed E-state index contributed by atoms with van der Waals surface area (Å²) in [4.78, 5) is 0. The molecule has 0 amide bonds. The zero-order chi connectivity index (χ0) is 21.9. The molecule has 6 heteroatoms. The van der Waals surface area contributed by atoms with E-state index in [0.717, 1.165) is 46.5 Å². The molecule has 0 nitrogen and oxygen atoms in total. The highest BCUT2D eigenvalue weighted by atomic mass is 19.2. The third kappa shape index (κ3) is 3.19. The number of fused-ring (bicyclic) bond motifs is 3. The monoisotopic (exact) mass is 426 g/mol. The molecule has 1 aliphatic rings. The lowest BCUT2D eigenvalue weighted by atomic mass is 9.98. The van der Waals surface area contributed by atoms with E-state index in [9.17, 15) is 26.3 Å². The van der Waals surface area contributed by atoms with Crippen LogP contribution >= 0.6 is 0 Å². The Morgan fingerprint density at radius 2 is 0.774 bits per heavy atom. The van der Waals surface area contributed by atoms with E-state index < -0.39 is 34.9 Å². The van der Waals surface area contributed by atoms with Crippen LogP contribution in [0.2, 0.25) is 0 Å². The summed E-state index contributed by atoms with van der Waals surface area (Å²) >= 11 is 0. The van der Waals surface area contributed by atoms with Crippen LogP contribution in [0.5, 0.6) is 0 Å². The topological polar surface area (TPSA) is 0 Å². The van der Waals surface area contributed by atoms with Crippen LogP contribution < -0.4 is 0 Å². The molecule has 1 aliphatic carbocycles. The summed E-state index contributed by atoms with van der Waals surface area (Å²) in [5.41, 5.74) is 5.13. The molecule has 0 radical (unpaired) electrons. The molecule has 5 rings (SSSR count). The van der Waals surface area contributed by atoms with Crippen LogP contribution in [0.4, 0.5) is 26.3 Å². The van der Waals surface area contributed by atoms with Crippen molar-refractivity contribution in [1.82, 2.24) is 0 Å². The van der Waals surface area contributed by atoms with E-state index in [1.165, 1.54) is 0 Å². The van der Waals surface area contributed by atoms with E-state index >= 15 is 0 Å². The molecule has 0 aromatic heterocycles. The van der Waals surface area contributed by atoms with Crippen LogP contribution in [0.25, 0.3) is 33.4 Å². The van der Waals surface area contributed by atoms with E-state index in [0.29, 0.717) is 17.5 Å². The fraction of sp³-hybridized carbons (Fsp3) is 0.0400. The van der Waals surface area contributed by atoms with Crippen LogP contribution in [0, 0.1) is 34.9 Å². The highest BCUT2D eigenvalue weighted by Crippen LogP contribution is 2.40. The van der Waals surface area contributed by atoms with Crippen molar-refractivity contribution in [3.8, 4) is 33.4 Å². The Kier molecular flexibility index (Phi) is 4.39. The summed E-state index contributed by atoms with van der Waals surface area (Å²) in [6, 6.07) is 14.3.